The lowest BCUT2D eigenvalue weighted by Gasteiger charge is -2.20. The average Bonchev–Trinajstić information content (AvgIpc) is 2.42. The summed E-state index contributed by atoms with van der Waals surface area (Å²) in [6.07, 6.45) is 0. The normalized spacial score (nSPS) is 13.2. The summed E-state index contributed by atoms with van der Waals surface area (Å²) in [6, 6.07) is 2.76. The van der Waals surface area contributed by atoms with Crippen molar-refractivity contribution in [2.24, 2.45) is 5.92 Å². The van der Waals surface area contributed by atoms with Crippen LogP contribution in [0.1, 0.15) is 12.5 Å². The quantitative estimate of drug-likeness (QED) is 0.653. The van der Waals surface area contributed by atoms with E-state index in [4.69, 9.17) is 17.3 Å². The zero-order valence-electron chi connectivity index (χ0n) is 12.4. The van der Waals surface area contributed by atoms with Crippen LogP contribution in [0.5, 0.6) is 0 Å². The largest absolute Gasteiger partial charge is 0.469 e. The van der Waals surface area contributed by atoms with Crippen molar-refractivity contribution in [1.29, 1.82) is 0 Å². The highest BCUT2D eigenvalue weighted by Gasteiger charge is 2.26. The van der Waals surface area contributed by atoms with E-state index in [1.807, 2.05) is 0 Å². The number of hydrogen-bond acceptors (Lipinski definition) is 5. The highest BCUT2D eigenvalue weighted by molar-refractivity contribution is 7.89. The van der Waals surface area contributed by atoms with Crippen molar-refractivity contribution in [2.45, 2.75) is 18.7 Å². The van der Waals surface area contributed by atoms with Crippen molar-refractivity contribution in [2.75, 3.05) is 26.4 Å². The molecule has 1 atom stereocenters. The second kappa shape index (κ2) is 6.64. The minimum Gasteiger partial charge on any atom is -0.469 e. The van der Waals surface area contributed by atoms with E-state index in [-0.39, 0.29) is 17.1 Å². The molecule has 0 saturated heterocycles. The standard InChI is InChI=1S/C13H19ClN2O4S/c1-8-5-10(6-11(15)12(8)14)21(18,19)16(3)7-9(2)13(17)20-4/h5-6,9H,7,15H2,1-4H3. The van der Waals surface area contributed by atoms with Crippen molar-refractivity contribution in [1.82, 2.24) is 4.31 Å². The van der Waals surface area contributed by atoms with Crippen LogP contribution < -0.4 is 5.73 Å². The zero-order chi connectivity index (χ0) is 16.4. The highest BCUT2D eigenvalue weighted by atomic mass is 35.5. The van der Waals surface area contributed by atoms with Crippen molar-refractivity contribution >= 4 is 33.3 Å². The van der Waals surface area contributed by atoms with E-state index in [0.29, 0.717) is 10.6 Å². The minimum atomic E-state index is -3.75. The van der Waals surface area contributed by atoms with Crippen LogP contribution in [0.15, 0.2) is 17.0 Å². The Morgan fingerprint density at radius 2 is 2.05 bits per heavy atom. The lowest BCUT2D eigenvalue weighted by Crippen LogP contribution is -2.34. The number of methoxy groups -OCH3 is 1. The topological polar surface area (TPSA) is 89.7 Å². The molecule has 0 aliphatic carbocycles. The maximum Gasteiger partial charge on any atom is 0.309 e. The van der Waals surface area contributed by atoms with Crippen molar-refractivity contribution in [3.8, 4) is 0 Å². The van der Waals surface area contributed by atoms with E-state index in [0.717, 1.165) is 4.31 Å². The Hall–Kier alpha value is -1.31. The first-order valence-electron chi connectivity index (χ1n) is 6.21. The van der Waals surface area contributed by atoms with Crippen LogP contribution in [-0.2, 0) is 19.6 Å². The first kappa shape index (κ1) is 17.7. The van der Waals surface area contributed by atoms with E-state index in [2.05, 4.69) is 4.74 Å². The third-order valence-electron chi connectivity index (χ3n) is 3.10. The molecule has 0 radical (unpaired) electrons. The summed E-state index contributed by atoms with van der Waals surface area (Å²) in [5.41, 5.74) is 6.47. The summed E-state index contributed by atoms with van der Waals surface area (Å²) in [4.78, 5) is 11.4. The van der Waals surface area contributed by atoms with Gasteiger partial charge in [0.2, 0.25) is 10.0 Å². The molecule has 0 fully saturated rings. The summed E-state index contributed by atoms with van der Waals surface area (Å²) >= 11 is 5.93. The lowest BCUT2D eigenvalue weighted by molar-refractivity contribution is -0.144. The van der Waals surface area contributed by atoms with Gasteiger partial charge < -0.3 is 10.5 Å². The number of sulfonamides is 1. The molecule has 21 heavy (non-hydrogen) atoms. The van der Waals surface area contributed by atoms with Crippen LogP contribution in [0.2, 0.25) is 5.02 Å². The van der Waals surface area contributed by atoms with Crippen LogP contribution >= 0.6 is 11.6 Å². The Morgan fingerprint density at radius 1 is 1.48 bits per heavy atom. The molecule has 0 heterocycles. The summed E-state index contributed by atoms with van der Waals surface area (Å²) in [5, 5.41) is 0.333. The van der Waals surface area contributed by atoms with Gasteiger partial charge in [-0.05, 0) is 24.6 Å². The van der Waals surface area contributed by atoms with Crippen molar-refractivity contribution in [3.05, 3.63) is 22.7 Å². The number of anilines is 1. The van der Waals surface area contributed by atoms with Gasteiger partial charge in [-0.25, -0.2) is 12.7 Å². The number of rotatable bonds is 5. The number of esters is 1. The van der Waals surface area contributed by atoms with E-state index < -0.39 is 21.9 Å². The minimum absolute atomic E-state index is 0.0105. The molecule has 1 aromatic rings. The highest BCUT2D eigenvalue weighted by Crippen LogP contribution is 2.28. The van der Waals surface area contributed by atoms with Crippen molar-refractivity contribution in [3.63, 3.8) is 0 Å². The summed E-state index contributed by atoms with van der Waals surface area (Å²) in [7, 11) is -1.09. The average molecular weight is 335 g/mol. The molecule has 1 rings (SSSR count). The number of halogens is 1. The van der Waals surface area contributed by atoms with Crippen LogP contribution in [0.4, 0.5) is 5.69 Å². The fraction of sp³-hybridized carbons (Fsp3) is 0.462. The molecule has 1 unspecified atom stereocenters. The van der Waals surface area contributed by atoms with E-state index in [1.54, 1.807) is 13.8 Å². The predicted octanol–water partition coefficient (Wildman–Crippen LogP) is 1.66. The summed E-state index contributed by atoms with van der Waals surface area (Å²) in [6.45, 7) is 3.28. The van der Waals surface area contributed by atoms with Gasteiger partial charge in [0, 0.05) is 13.6 Å². The van der Waals surface area contributed by atoms with Crippen molar-refractivity contribution < 1.29 is 17.9 Å². The van der Waals surface area contributed by atoms with Gasteiger partial charge >= 0.3 is 5.97 Å². The fourth-order valence-electron chi connectivity index (χ4n) is 1.85. The third kappa shape index (κ3) is 3.87. The molecule has 0 amide bonds. The molecular weight excluding hydrogens is 316 g/mol. The second-order valence-electron chi connectivity index (χ2n) is 4.85. The summed E-state index contributed by atoms with van der Waals surface area (Å²) < 4.78 is 30.6. The Balaban J connectivity index is 3.08. The van der Waals surface area contributed by atoms with Gasteiger partial charge in [0.25, 0.3) is 0 Å². The first-order valence-corrected chi connectivity index (χ1v) is 8.02. The molecule has 6 nitrogen and oxygen atoms in total. The van der Waals surface area contributed by atoms with Gasteiger partial charge in [0.15, 0.2) is 0 Å². The number of ether oxygens (including phenoxy) is 1. The monoisotopic (exact) mass is 334 g/mol. The number of carbonyl (C=O) groups excluding carboxylic acids is 1. The molecule has 0 aromatic heterocycles. The smallest absolute Gasteiger partial charge is 0.309 e. The Bertz CT molecular complexity index is 623. The van der Waals surface area contributed by atoms with Gasteiger partial charge in [-0.3, -0.25) is 4.79 Å². The molecule has 0 aliphatic rings. The van der Waals surface area contributed by atoms with Gasteiger partial charge in [0.1, 0.15) is 0 Å². The fourth-order valence-corrected chi connectivity index (χ4v) is 3.34. The number of hydrogen-bond donors (Lipinski definition) is 1. The van der Waals surface area contributed by atoms with Gasteiger partial charge in [0.05, 0.1) is 28.6 Å². The second-order valence-corrected chi connectivity index (χ2v) is 7.28. The third-order valence-corrected chi connectivity index (χ3v) is 5.42. The number of nitrogens with two attached hydrogens (primary N) is 1. The number of nitrogen functional groups attached to an aromatic ring is 1. The van der Waals surface area contributed by atoms with Gasteiger partial charge in [-0.1, -0.05) is 18.5 Å². The Morgan fingerprint density at radius 3 is 2.52 bits per heavy atom. The SMILES string of the molecule is COC(=O)C(C)CN(C)S(=O)(=O)c1cc(C)c(Cl)c(N)c1. The summed E-state index contributed by atoms with van der Waals surface area (Å²) in [5.74, 6) is -1.04. The number of aryl methyl sites for hydroxylation is 1. The molecule has 0 saturated carbocycles. The molecular formula is C13H19ClN2O4S. The van der Waals surface area contributed by atoms with E-state index in [9.17, 15) is 13.2 Å². The van der Waals surface area contributed by atoms with Crippen LogP contribution in [0.3, 0.4) is 0 Å². The molecule has 2 N–H and O–H groups in total. The van der Waals surface area contributed by atoms with Crippen LogP contribution in [0, 0.1) is 12.8 Å². The molecule has 1 aromatic carbocycles. The number of carbonyl (C=O) groups is 1. The molecule has 0 bridgehead atoms. The maximum atomic E-state index is 12.5. The number of nitrogens with zero attached hydrogens (tertiary/aromatic N) is 1. The molecule has 0 aliphatic heterocycles. The van der Waals surface area contributed by atoms with Crippen LogP contribution in [0.25, 0.3) is 0 Å². The molecule has 0 spiro atoms. The molecule has 8 heteroatoms. The maximum absolute atomic E-state index is 12.5. The van der Waals surface area contributed by atoms with E-state index >= 15 is 0 Å². The Kier molecular flexibility index (Phi) is 5.61. The predicted molar refractivity (Wildman–Crippen MR) is 81.6 cm³/mol. The van der Waals surface area contributed by atoms with Gasteiger partial charge in [-0.15, -0.1) is 0 Å². The lowest BCUT2D eigenvalue weighted by atomic mass is 10.2. The molecule has 118 valence electrons. The Labute approximate surface area is 129 Å². The van der Waals surface area contributed by atoms with Gasteiger partial charge in [-0.2, -0.15) is 0 Å². The first-order chi connectivity index (χ1) is 9.61. The number of benzene rings is 1. The zero-order valence-corrected chi connectivity index (χ0v) is 14.0. The van der Waals surface area contributed by atoms with Crippen LogP contribution in [-0.4, -0.2) is 39.4 Å². The van der Waals surface area contributed by atoms with E-state index in [1.165, 1.54) is 26.3 Å².